The van der Waals surface area contributed by atoms with E-state index < -0.39 is 5.97 Å². The van der Waals surface area contributed by atoms with Crippen molar-refractivity contribution in [3.63, 3.8) is 0 Å². The van der Waals surface area contributed by atoms with E-state index in [0.29, 0.717) is 5.02 Å². The van der Waals surface area contributed by atoms with Crippen LogP contribution in [0.25, 0.3) is 0 Å². The zero-order valence-electron chi connectivity index (χ0n) is 13.3. The van der Waals surface area contributed by atoms with Gasteiger partial charge >= 0.3 is 5.97 Å². The molecule has 1 aromatic rings. The number of fused-ring (bicyclic) bond motifs is 1. The maximum Gasteiger partial charge on any atom is 0.313 e. The molecule has 8 heteroatoms. The minimum atomic E-state index is -0.624. The minimum Gasteiger partial charge on any atom is -0.423 e. The standard InChI is InChI=1S/C17H16Cl3NO4/c18-9-7-12(19)15(13(20)8-9)25-14(22)5-6-21-16(23)10-3-1-2-4-11(10)17(21)24/h7-8,10-11H,1-6H2/t10-,11-/m1/s1. The molecule has 2 aliphatic rings. The first-order chi connectivity index (χ1) is 11.9. The van der Waals surface area contributed by atoms with Crippen molar-refractivity contribution in [2.24, 2.45) is 11.8 Å². The number of amides is 2. The summed E-state index contributed by atoms with van der Waals surface area (Å²) in [5.41, 5.74) is 0. The zero-order valence-corrected chi connectivity index (χ0v) is 15.5. The van der Waals surface area contributed by atoms with E-state index in [4.69, 9.17) is 39.5 Å². The van der Waals surface area contributed by atoms with Crippen LogP contribution >= 0.6 is 34.8 Å². The van der Waals surface area contributed by atoms with Crippen molar-refractivity contribution >= 4 is 52.6 Å². The second kappa shape index (κ2) is 7.52. The van der Waals surface area contributed by atoms with Gasteiger partial charge in [-0.05, 0) is 25.0 Å². The maximum atomic E-state index is 12.4. The van der Waals surface area contributed by atoms with E-state index in [1.54, 1.807) is 0 Å². The molecule has 2 amide bonds. The highest BCUT2D eigenvalue weighted by molar-refractivity contribution is 6.40. The van der Waals surface area contributed by atoms with Gasteiger partial charge in [0.05, 0.1) is 28.3 Å². The largest absolute Gasteiger partial charge is 0.423 e. The van der Waals surface area contributed by atoms with E-state index in [0.717, 1.165) is 25.7 Å². The molecule has 1 saturated heterocycles. The van der Waals surface area contributed by atoms with E-state index in [2.05, 4.69) is 0 Å². The van der Waals surface area contributed by atoms with Gasteiger partial charge in [0.25, 0.3) is 0 Å². The van der Waals surface area contributed by atoms with Crippen LogP contribution in [0.15, 0.2) is 12.1 Å². The van der Waals surface area contributed by atoms with Crippen molar-refractivity contribution in [3.05, 3.63) is 27.2 Å². The van der Waals surface area contributed by atoms with E-state index in [1.165, 1.54) is 17.0 Å². The topological polar surface area (TPSA) is 63.7 Å². The number of hydrogen-bond acceptors (Lipinski definition) is 4. The second-order valence-electron chi connectivity index (χ2n) is 6.25. The van der Waals surface area contributed by atoms with Gasteiger partial charge < -0.3 is 4.74 Å². The number of imide groups is 1. The third kappa shape index (κ3) is 3.78. The first-order valence-corrected chi connectivity index (χ1v) is 9.22. The molecule has 0 N–H and O–H groups in total. The van der Waals surface area contributed by atoms with E-state index in [-0.39, 0.29) is 52.4 Å². The molecule has 0 unspecified atom stereocenters. The fourth-order valence-corrected chi connectivity index (χ4v) is 4.34. The number of esters is 1. The maximum absolute atomic E-state index is 12.4. The van der Waals surface area contributed by atoms with Gasteiger partial charge in [0.15, 0.2) is 5.75 Å². The lowest BCUT2D eigenvalue weighted by molar-refractivity contribution is -0.141. The molecule has 1 aliphatic heterocycles. The van der Waals surface area contributed by atoms with Crippen molar-refractivity contribution in [1.29, 1.82) is 0 Å². The summed E-state index contributed by atoms with van der Waals surface area (Å²) < 4.78 is 5.17. The summed E-state index contributed by atoms with van der Waals surface area (Å²) in [7, 11) is 0. The zero-order chi connectivity index (χ0) is 18.1. The quantitative estimate of drug-likeness (QED) is 0.430. The fourth-order valence-electron chi connectivity index (χ4n) is 3.45. The number of halogens is 3. The fraction of sp³-hybridized carbons (Fsp3) is 0.471. The molecule has 1 aromatic carbocycles. The molecule has 0 aromatic heterocycles. The van der Waals surface area contributed by atoms with Crippen LogP contribution in [0.4, 0.5) is 0 Å². The number of hydrogen-bond donors (Lipinski definition) is 0. The van der Waals surface area contributed by atoms with E-state index in [9.17, 15) is 14.4 Å². The highest BCUT2D eigenvalue weighted by atomic mass is 35.5. The Kier molecular flexibility index (Phi) is 5.56. The van der Waals surface area contributed by atoms with E-state index >= 15 is 0 Å². The van der Waals surface area contributed by atoms with Gasteiger partial charge in [0.1, 0.15) is 0 Å². The Morgan fingerprint density at radius 3 is 2.08 bits per heavy atom. The highest BCUT2D eigenvalue weighted by Gasteiger charge is 2.47. The summed E-state index contributed by atoms with van der Waals surface area (Å²) in [6.07, 6.45) is 3.29. The van der Waals surface area contributed by atoms with Crippen molar-refractivity contribution in [2.45, 2.75) is 32.1 Å². The third-order valence-corrected chi connectivity index (χ3v) is 5.43. The summed E-state index contributed by atoms with van der Waals surface area (Å²) in [6.45, 7) is 0.00628. The molecule has 1 heterocycles. The van der Waals surface area contributed by atoms with Crippen molar-refractivity contribution in [1.82, 2.24) is 4.90 Å². The number of benzene rings is 1. The predicted molar refractivity (Wildman–Crippen MR) is 93.9 cm³/mol. The number of ether oxygens (including phenoxy) is 1. The summed E-state index contributed by atoms with van der Waals surface area (Å²) in [6, 6.07) is 2.83. The Labute approximate surface area is 160 Å². The van der Waals surface area contributed by atoms with Crippen LogP contribution in [-0.4, -0.2) is 29.2 Å². The first-order valence-electron chi connectivity index (χ1n) is 8.09. The Balaban J connectivity index is 1.61. The number of carbonyl (C=O) groups is 3. The molecule has 25 heavy (non-hydrogen) atoms. The van der Waals surface area contributed by atoms with Gasteiger partial charge in [0, 0.05) is 11.6 Å². The molecule has 5 nitrogen and oxygen atoms in total. The molecule has 2 fully saturated rings. The Morgan fingerprint density at radius 1 is 1.04 bits per heavy atom. The van der Waals surface area contributed by atoms with Gasteiger partial charge in [-0.25, -0.2) is 0 Å². The van der Waals surface area contributed by atoms with Crippen molar-refractivity contribution in [2.75, 3.05) is 6.54 Å². The van der Waals surface area contributed by atoms with Crippen LogP contribution in [0.2, 0.25) is 15.1 Å². The molecular formula is C17H16Cl3NO4. The number of rotatable bonds is 4. The monoisotopic (exact) mass is 403 g/mol. The summed E-state index contributed by atoms with van der Waals surface area (Å²) >= 11 is 17.7. The molecule has 1 aliphatic carbocycles. The molecule has 2 atom stereocenters. The second-order valence-corrected chi connectivity index (χ2v) is 7.50. The lowest BCUT2D eigenvalue weighted by atomic mass is 9.81. The Morgan fingerprint density at radius 2 is 1.56 bits per heavy atom. The molecular weight excluding hydrogens is 389 g/mol. The number of carbonyl (C=O) groups excluding carboxylic acids is 3. The lowest BCUT2D eigenvalue weighted by Gasteiger charge is -2.19. The Bertz CT molecular complexity index is 690. The molecule has 0 radical (unpaired) electrons. The average molecular weight is 405 g/mol. The van der Waals surface area contributed by atoms with Gasteiger partial charge in [-0.3, -0.25) is 19.3 Å². The number of nitrogens with zero attached hydrogens (tertiary/aromatic N) is 1. The third-order valence-electron chi connectivity index (χ3n) is 4.65. The van der Waals surface area contributed by atoms with Crippen LogP contribution in [0.3, 0.4) is 0 Å². The minimum absolute atomic E-state index is 0.00628. The van der Waals surface area contributed by atoms with Crippen LogP contribution in [0.5, 0.6) is 5.75 Å². The molecule has 0 bridgehead atoms. The van der Waals surface area contributed by atoms with Crippen molar-refractivity contribution in [3.8, 4) is 5.75 Å². The SMILES string of the molecule is O=C(CCN1C(=O)[C@@H]2CCCC[C@H]2C1=O)Oc1c(Cl)cc(Cl)cc1Cl. The summed E-state index contributed by atoms with van der Waals surface area (Å²) in [5.74, 6) is -1.41. The predicted octanol–water partition coefficient (Wildman–Crippen LogP) is 4.12. The summed E-state index contributed by atoms with van der Waals surface area (Å²) in [4.78, 5) is 38.0. The first kappa shape index (κ1) is 18.5. The number of likely N-dealkylation sites (tertiary alicyclic amines) is 1. The van der Waals surface area contributed by atoms with Gasteiger partial charge in [-0.15, -0.1) is 0 Å². The van der Waals surface area contributed by atoms with Gasteiger partial charge in [-0.1, -0.05) is 47.6 Å². The van der Waals surface area contributed by atoms with E-state index in [1.807, 2.05) is 0 Å². The van der Waals surface area contributed by atoms with Crippen LogP contribution in [-0.2, 0) is 14.4 Å². The molecule has 1 saturated carbocycles. The van der Waals surface area contributed by atoms with Crippen LogP contribution < -0.4 is 4.74 Å². The Hall–Kier alpha value is -1.30. The van der Waals surface area contributed by atoms with Gasteiger partial charge in [0.2, 0.25) is 11.8 Å². The average Bonchev–Trinajstić information content (AvgIpc) is 2.81. The molecule has 0 spiro atoms. The van der Waals surface area contributed by atoms with Crippen molar-refractivity contribution < 1.29 is 19.1 Å². The van der Waals surface area contributed by atoms with Gasteiger partial charge in [-0.2, -0.15) is 0 Å². The smallest absolute Gasteiger partial charge is 0.313 e. The van der Waals surface area contributed by atoms with Crippen LogP contribution in [0, 0.1) is 11.8 Å². The summed E-state index contributed by atoms with van der Waals surface area (Å²) in [5, 5.41) is 0.557. The normalized spacial score (nSPS) is 22.9. The lowest BCUT2D eigenvalue weighted by Crippen LogP contribution is -2.33. The molecule has 3 rings (SSSR count). The highest BCUT2D eigenvalue weighted by Crippen LogP contribution is 2.38. The van der Waals surface area contributed by atoms with Crippen LogP contribution in [0.1, 0.15) is 32.1 Å². The molecule has 134 valence electrons.